The van der Waals surface area contributed by atoms with Gasteiger partial charge in [0.05, 0.1) is 0 Å². The minimum atomic E-state index is -0.312. The zero-order chi connectivity index (χ0) is 14.7. The molecule has 0 aliphatic rings. The van der Waals surface area contributed by atoms with Gasteiger partial charge in [0.2, 0.25) is 0 Å². The van der Waals surface area contributed by atoms with Gasteiger partial charge in [-0.15, -0.1) is 0 Å². The van der Waals surface area contributed by atoms with Crippen LogP contribution in [0.15, 0.2) is 41.6 Å². The molecule has 20 heavy (non-hydrogen) atoms. The second-order valence-electron chi connectivity index (χ2n) is 4.48. The lowest BCUT2D eigenvalue weighted by atomic mass is 10.1. The number of aryl methyl sites for hydroxylation is 2. The van der Waals surface area contributed by atoms with Crippen LogP contribution in [-0.4, -0.2) is 11.0 Å². The van der Waals surface area contributed by atoms with Crippen molar-refractivity contribution in [2.45, 2.75) is 13.8 Å². The monoisotopic (exact) mass is 274 g/mol. The Hall–Kier alpha value is -2.56. The number of amidine groups is 1. The highest BCUT2D eigenvalue weighted by atomic mass is 19.1. The maximum absolute atomic E-state index is 13.4. The highest BCUT2D eigenvalue weighted by molar-refractivity contribution is 5.98. The van der Waals surface area contributed by atoms with Crippen LogP contribution in [0.25, 0.3) is 0 Å². The molecule has 4 nitrogen and oxygen atoms in total. The number of nitrogens with zero attached hydrogens (tertiary/aromatic N) is 1. The van der Waals surface area contributed by atoms with Gasteiger partial charge in [-0.05, 0) is 49.2 Å². The number of rotatable bonds is 3. The zero-order valence-corrected chi connectivity index (χ0v) is 11.2. The first-order chi connectivity index (χ1) is 9.51. The molecule has 2 aromatic rings. The van der Waals surface area contributed by atoms with E-state index in [0.717, 1.165) is 5.56 Å². The molecule has 0 aliphatic carbocycles. The molecule has 0 amide bonds. The fourth-order valence-corrected chi connectivity index (χ4v) is 1.81. The van der Waals surface area contributed by atoms with Crippen LogP contribution in [0.2, 0.25) is 0 Å². The SMILES string of the molecule is Cc1ccc(Oc2ccc(/C(N)=N/O)c(C)c2)cc1F. The molecule has 2 rings (SSSR count). The summed E-state index contributed by atoms with van der Waals surface area (Å²) in [6.07, 6.45) is 0. The molecule has 0 heterocycles. The van der Waals surface area contributed by atoms with Crippen LogP contribution in [0.3, 0.4) is 0 Å². The van der Waals surface area contributed by atoms with E-state index in [1.807, 2.05) is 6.92 Å². The Balaban J connectivity index is 2.26. The average molecular weight is 274 g/mol. The maximum Gasteiger partial charge on any atom is 0.170 e. The molecule has 0 aromatic heterocycles. The minimum absolute atomic E-state index is 0.0374. The maximum atomic E-state index is 13.4. The van der Waals surface area contributed by atoms with Gasteiger partial charge in [0.15, 0.2) is 5.84 Å². The molecule has 0 spiro atoms. The highest BCUT2D eigenvalue weighted by Crippen LogP contribution is 2.25. The third-order valence-corrected chi connectivity index (χ3v) is 2.96. The van der Waals surface area contributed by atoms with Gasteiger partial charge in [-0.3, -0.25) is 0 Å². The Labute approximate surface area is 116 Å². The van der Waals surface area contributed by atoms with E-state index in [2.05, 4.69) is 5.16 Å². The van der Waals surface area contributed by atoms with Crippen molar-refractivity contribution in [1.29, 1.82) is 0 Å². The summed E-state index contributed by atoms with van der Waals surface area (Å²) in [5.41, 5.74) is 7.53. The molecule has 0 saturated heterocycles. The molecule has 0 radical (unpaired) electrons. The standard InChI is InChI=1S/C15H15FN2O2/c1-9-3-4-12(8-14(9)16)20-11-5-6-13(10(2)7-11)15(17)18-19/h3-8,19H,1-2H3,(H2,17,18). The lowest BCUT2D eigenvalue weighted by Gasteiger charge is -2.09. The number of hydrogen-bond acceptors (Lipinski definition) is 3. The molecule has 0 aliphatic heterocycles. The summed E-state index contributed by atoms with van der Waals surface area (Å²) >= 11 is 0. The topological polar surface area (TPSA) is 67.8 Å². The van der Waals surface area contributed by atoms with Crippen molar-refractivity contribution in [1.82, 2.24) is 0 Å². The first-order valence-electron chi connectivity index (χ1n) is 6.04. The van der Waals surface area contributed by atoms with E-state index in [0.29, 0.717) is 22.6 Å². The molecular formula is C15H15FN2O2. The van der Waals surface area contributed by atoms with E-state index in [1.165, 1.54) is 6.07 Å². The van der Waals surface area contributed by atoms with E-state index in [1.54, 1.807) is 37.3 Å². The van der Waals surface area contributed by atoms with Crippen molar-refractivity contribution >= 4 is 5.84 Å². The molecule has 0 bridgehead atoms. The lowest BCUT2D eigenvalue weighted by molar-refractivity contribution is 0.318. The van der Waals surface area contributed by atoms with Crippen LogP contribution in [0.4, 0.5) is 4.39 Å². The Morgan fingerprint density at radius 2 is 1.75 bits per heavy atom. The van der Waals surface area contributed by atoms with Gasteiger partial charge in [0.1, 0.15) is 17.3 Å². The van der Waals surface area contributed by atoms with Gasteiger partial charge < -0.3 is 15.7 Å². The molecule has 0 fully saturated rings. The third-order valence-electron chi connectivity index (χ3n) is 2.96. The number of hydrogen-bond donors (Lipinski definition) is 2. The quantitative estimate of drug-likeness (QED) is 0.390. The Bertz CT molecular complexity index is 669. The smallest absolute Gasteiger partial charge is 0.170 e. The zero-order valence-electron chi connectivity index (χ0n) is 11.2. The van der Waals surface area contributed by atoms with Crippen molar-refractivity contribution in [3.05, 3.63) is 58.9 Å². The summed E-state index contributed by atoms with van der Waals surface area (Å²) in [4.78, 5) is 0. The fraction of sp³-hybridized carbons (Fsp3) is 0.133. The largest absolute Gasteiger partial charge is 0.457 e. The molecule has 0 unspecified atom stereocenters. The number of ether oxygens (including phenoxy) is 1. The minimum Gasteiger partial charge on any atom is -0.457 e. The van der Waals surface area contributed by atoms with Crippen LogP contribution in [0.5, 0.6) is 11.5 Å². The first-order valence-corrected chi connectivity index (χ1v) is 6.04. The van der Waals surface area contributed by atoms with Crippen molar-refractivity contribution in [2.75, 3.05) is 0 Å². The summed E-state index contributed by atoms with van der Waals surface area (Å²) < 4.78 is 19.0. The van der Waals surface area contributed by atoms with Crippen molar-refractivity contribution < 1.29 is 14.3 Å². The van der Waals surface area contributed by atoms with Gasteiger partial charge in [0.25, 0.3) is 0 Å². The van der Waals surface area contributed by atoms with E-state index < -0.39 is 0 Å². The Morgan fingerprint density at radius 3 is 2.35 bits per heavy atom. The molecule has 2 aromatic carbocycles. The summed E-state index contributed by atoms with van der Waals surface area (Å²) in [5.74, 6) is 0.701. The second kappa shape index (κ2) is 5.61. The normalized spacial score (nSPS) is 11.4. The van der Waals surface area contributed by atoms with E-state index in [4.69, 9.17) is 15.7 Å². The lowest BCUT2D eigenvalue weighted by Crippen LogP contribution is -2.14. The third kappa shape index (κ3) is 2.88. The number of oxime groups is 1. The molecule has 3 N–H and O–H groups in total. The predicted octanol–water partition coefficient (Wildman–Crippen LogP) is 3.33. The summed E-state index contributed by atoms with van der Waals surface area (Å²) in [6.45, 7) is 3.50. The number of halogens is 1. The van der Waals surface area contributed by atoms with Crippen molar-refractivity contribution in [2.24, 2.45) is 10.9 Å². The Morgan fingerprint density at radius 1 is 1.10 bits per heavy atom. The first kappa shape index (κ1) is 13.9. The highest BCUT2D eigenvalue weighted by Gasteiger charge is 2.07. The average Bonchev–Trinajstić information content (AvgIpc) is 2.42. The van der Waals surface area contributed by atoms with E-state index in [-0.39, 0.29) is 11.7 Å². The van der Waals surface area contributed by atoms with Gasteiger partial charge in [-0.25, -0.2) is 4.39 Å². The summed E-state index contributed by atoms with van der Waals surface area (Å²) in [7, 11) is 0. The Kier molecular flexibility index (Phi) is 3.89. The van der Waals surface area contributed by atoms with Crippen LogP contribution in [0, 0.1) is 19.7 Å². The van der Waals surface area contributed by atoms with Crippen LogP contribution >= 0.6 is 0 Å². The fourth-order valence-electron chi connectivity index (χ4n) is 1.81. The van der Waals surface area contributed by atoms with Gasteiger partial charge in [-0.1, -0.05) is 11.2 Å². The van der Waals surface area contributed by atoms with Gasteiger partial charge in [0, 0.05) is 11.6 Å². The van der Waals surface area contributed by atoms with Crippen molar-refractivity contribution in [3.63, 3.8) is 0 Å². The van der Waals surface area contributed by atoms with E-state index >= 15 is 0 Å². The van der Waals surface area contributed by atoms with E-state index in [9.17, 15) is 4.39 Å². The number of nitrogens with two attached hydrogens (primary N) is 1. The molecule has 5 heteroatoms. The van der Waals surface area contributed by atoms with Gasteiger partial charge >= 0.3 is 0 Å². The summed E-state index contributed by atoms with van der Waals surface area (Å²) in [6, 6.07) is 9.79. The van der Waals surface area contributed by atoms with Crippen LogP contribution in [-0.2, 0) is 0 Å². The molecule has 0 atom stereocenters. The molecule has 0 saturated carbocycles. The second-order valence-corrected chi connectivity index (χ2v) is 4.48. The predicted molar refractivity (Wildman–Crippen MR) is 74.9 cm³/mol. The molecular weight excluding hydrogens is 259 g/mol. The van der Waals surface area contributed by atoms with Gasteiger partial charge in [-0.2, -0.15) is 0 Å². The van der Waals surface area contributed by atoms with Crippen molar-refractivity contribution in [3.8, 4) is 11.5 Å². The summed E-state index contributed by atoms with van der Waals surface area (Å²) in [5, 5.41) is 11.6. The molecule has 104 valence electrons. The number of benzene rings is 2. The van der Waals surface area contributed by atoms with Crippen LogP contribution in [0.1, 0.15) is 16.7 Å². The van der Waals surface area contributed by atoms with Crippen LogP contribution < -0.4 is 10.5 Å².